The van der Waals surface area contributed by atoms with E-state index in [0.717, 1.165) is 25.8 Å². The Labute approximate surface area is 128 Å². The molecule has 0 N–H and O–H groups in total. The first kappa shape index (κ1) is 14.7. The molecule has 1 saturated heterocycles. The van der Waals surface area contributed by atoms with Gasteiger partial charge in [0.1, 0.15) is 12.0 Å². The minimum absolute atomic E-state index is 0.0193. The minimum atomic E-state index is -0.438. The lowest BCUT2D eigenvalue weighted by Crippen LogP contribution is -2.37. The number of anilines is 1. The largest absolute Gasteiger partial charge is 0.469 e. The number of carbonyl (C=O) groups excluding carboxylic acids is 1. The zero-order valence-corrected chi connectivity index (χ0v) is 12.7. The molecule has 0 spiro atoms. The van der Waals surface area contributed by atoms with Crippen LogP contribution in [0.1, 0.15) is 24.8 Å². The number of nitrogens with zero attached hydrogens (tertiary/aromatic N) is 3. The third-order valence-electron chi connectivity index (χ3n) is 5.05. The van der Waals surface area contributed by atoms with Crippen molar-refractivity contribution in [2.75, 3.05) is 25.1 Å². The highest BCUT2D eigenvalue weighted by Gasteiger charge is 2.55. The van der Waals surface area contributed by atoms with E-state index in [2.05, 4.69) is 9.88 Å². The van der Waals surface area contributed by atoms with Gasteiger partial charge in [-0.25, -0.2) is 4.98 Å². The van der Waals surface area contributed by atoms with Gasteiger partial charge in [0.25, 0.3) is 5.69 Å². The molecule has 7 heteroatoms. The van der Waals surface area contributed by atoms with Crippen molar-refractivity contribution in [2.24, 2.45) is 11.3 Å². The van der Waals surface area contributed by atoms with Gasteiger partial charge < -0.3 is 9.64 Å². The summed E-state index contributed by atoms with van der Waals surface area (Å²) in [7, 11) is 1.43. The second kappa shape index (κ2) is 5.23. The summed E-state index contributed by atoms with van der Waals surface area (Å²) in [6.07, 6.45) is 4.19. The van der Waals surface area contributed by atoms with Crippen LogP contribution in [0.2, 0.25) is 0 Å². The first-order chi connectivity index (χ1) is 10.5. The molecule has 0 bridgehead atoms. The summed E-state index contributed by atoms with van der Waals surface area (Å²) < 4.78 is 5.02. The summed E-state index contributed by atoms with van der Waals surface area (Å²) in [6, 6.07) is 1.73. The Kier molecular flexibility index (Phi) is 3.50. The maximum Gasteiger partial charge on any atom is 0.313 e. The fourth-order valence-electron chi connectivity index (χ4n) is 3.90. The maximum atomic E-state index is 12.2. The standard InChI is InChI=1S/C15H19N3O4/c1-10-6-13(16-7-12(10)18(20)21)17-8-11-4-3-5-15(11,9-17)14(19)22-2/h6-7,11H,3-5,8-9H2,1-2H3. The summed E-state index contributed by atoms with van der Waals surface area (Å²) in [5, 5.41) is 10.9. The molecule has 22 heavy (non-hydrogen) atoms. The summed E-state index contributed by atoms with van der Waals surface area (Å²) in [6.45, 7) is 3.03. The molecule has 1 aliphatic heterocycles. The number of hydrogen-bond donors (Lipinski definition) is 0. The van der Waals surface area contributed by atoms with Gasteiger partial charge in [-0.15, -0.1) is 0 Å². The Hall–Kier alpha value is -2.18. The first-order valence-corrected chi connectivity index (χ1v) is 7.42. The number of carbonyl (C=O) groups is 1. The number of ether oxygens (including phenoxy) is 1. The lowest BCUT2D eigenvalue weighted by atomic mass is 9.81. The molecule has 1 aromatic rings. The zero-order chi connectivity index (χ0) is 15.9. The van der Waals surface area contributed by atoms with Crippen LogP contribution in [0.15, 0.2) is 12.3 Å². The Morgan fingerprint density at radius 2 is 2.36 bits per heavy atom. The number of esters is 1. The van der Waals surface area contributed by atoms with Gasteiger partial charge in [0.2, 0.25) is 0 Å². The van der Waals surface area contributed by atoms with Crippen LogP contribution in [-0.2, 0) is 9.53 Å². The average molecular weight is 305 g/mol. The van der Waals surface area contributed by atoms with E-state index in [-0.39, 0.29) is 17.6 Å². The van der Waals surface area contributed by atoms with Crippen LogP contribution in [-0.4, -0.2) is 36.1 Å². The number of methoxy groups -OCH3 is 1. The molecule has 1 saturated carbocycles. The molecule has 2 heterocycles. The fraction of sp³-hybridized carbons (Fsp3) is 0.600. The molecule has 2 aliphatic rings. The minimum Gasteiger partial charge on any atom is -0.469 e. The Bertz CT molecular complexity index is 633. The van der Waals surface area contributed by atoms with Gasteiger partial charge in [-0.1, -0.05) is 6.42 Å². The molecule has 1 aliphatic carbocycles. The van der Waals surface area contributed by atoms with Crippen LogP contribution in [0.25, 0.3) is 0 Å². The molecule has 7 nitrogen and oxygen atoms in total. The number of aryl methyl sites for hydroxylation is 1. The van der Waals surface area contributed by atoms with Crippen molar-refractivity contribution in [3.63, 3.8) is 0 Å². The molecular weight excluding hydrogens is 286 g/mol. The van der Waals surface area contributed by atoms with Crippen LogP contribution >= 0.6 is 0 Å². The summed E-state index contributed by atoms with van der Waals surface area (Å²) in [5.74, 6) is 0.828. The third-order valence-corrected chi connectivity index (χ3v) is 5.05. The van der Waals surface area contributed by atoms with E-state index in [0.29, 0.717) is 17.9 Å². The molecule has 0 radical (unpaired) electrons. The van der Waals surface area contributed by atoms with E-state index < -0.39 is 10.3 Å². The first-order valence-electron chi connectivity index (χ1n) is 7.42. The molecule has 2 unspecified atom stereocenters. The van der Waals surface area contributed by atoms with Crippen molar-refractivity contribution < 1.29 is 14.5 Å². The molecule has 3 rings (SSSR count). The Morgan fingerprint density at radius 3 is 3.00 bits per heavy atom. The van der Waals surface area contributed by atoms with Gasteiger partial charge in [-0.3, -0.25) is 14.9 Å². The normalized spacial score (nSPS) is 26.8. The van der Waals surface area contributed by atoms with Crippen LogP contribution < -0.4 is 4.90 Å². The highest BCUT2D eigenvalue weighted by atomic mass is 16.6. The van der Waals surface area contributed by atoms with E-state index in [9.17, 15) is 14.9 Å². The van der Waals surface area contributed by atoms with E-state index >= 15 is 0 Å². The molecule has 0 amide bonds. The molecular formula is C15H19N3O4. The highest BCUT2D eigenvalue weighted by molar-refractivity contribution is 5.79. The molecule has 118 valence electrons. The second-order valence-electron chi connectivity index (χ2n) is 6.20. The van der Waals surface area contributed by atoms with Crippen LogP contribution in [0.5, 0.6) is 0 Å². The molecule has 2 fully saturated rings. The van der Waals surface area contributed by atoms with Crippen molar-refractivity contribution in [3.8, 4) is 0 Å². The van der Waals surface area contributed by atoms with Crippen molar-refractivity contribution >= 4 is 17.5 Å². The van der Waals surface area contributed by atoms with Gasteiger partial charge in [0.05, 0.1) is 17.4 Å². The predicted octanol–water partition coefficient (Wildman–Crippen LogP) is 2.08. The highest BCUT2D eigenvalue weighted by Crippen LogP contribution is 2.50. The fourth-order valence-corrected chi connectivity index (χ4v) is 3.90. The quantitative estimate of drug-likeness (QED) is 0.483. The van der Waals surface area contributed by atoms with Crippen molar-refractivity contribution in [1.82, 2.24) is 4.98 Å². The van der Waals surface area contributed by atoms with Gasteiger partial charge in [-0.2, -0.15) is 0 Å². The van der Waals surface area contributed by atoms with Gasteiger partial charge >= 0.3 is 5.97 Å². The van der Waals surface area contributed by atoms with Crippen molar-refractivity contribution in [2.45, 2.75) is 26.2 Å². The van der Waals surface area contributed by atoms with Gasteiger partial charge in [-0.05, 0) is 31.7 Å². The number of hydrogen-bond acceptors (Lipinski definition) is 6. The second-order valence-corrected chi connectivity index (χ2v) is 6.20. The lowest BCUT2D eigenvalue weighted by molar-refractivity contribution is -0.385. The Balaban J connectivity index is 1.88. The smallest absolute Gasteiger partial charge is 0.313 e. The monoisotopic (exact) mass is 305 g/mol. The summed E-state index contributed by atoms with van der Waals surface area (Å²) >= 11 is 0. The Morgan fingerprint density at radius 1 is 1.59 bits per heavy atom. The number of pyridine rings is 1. The van der Waals surface area contributed by atoms with Crippen molar-refractivity contribution in [3.05, 3.63) is 27.9 Å². The number of rotatable bonds is 3. The van der Waals surface area contributed by atoms with Crippen molar-refractivity contribution in [1.29, 1.82) is 0 Å². The summed E-state index contributed by atoms with van der Waals surface area (Å²) in [5.41, 5.74) is 0.163. The van der Waals surface area contributed by atoms with E-state index in [1.165, 1.54) is 13.3 Å². The lowest BCUT2D eigenvalue weighted by Gasteiger charge is -2.25. The van der Waals surface area contributed by atoms with Gasteiger partial charge in [0, 0.05) is 18.7 Å². The van der Waals surface area contributed by atoms with E-state index in [1.54, 1.807) is 13.0 Å². The number of fused-ring (bicyclic) bond motifs is 1. The summed E-state index contributed by atoms with van der Waals surface area (Å²) in [4.78, 5) is 29.0. The van der Waals surface area contributed by atoms with Crippen LogP contribution in [0.4, 0.5) is 11.5 Å². The van der Waals surface area contributed by atoms with Crippen LogP contribution in [0, 0.1) is 28.4 Å². The third kappa shape index (κ3) is 2.12. The SMILES string of the molecule is COC(=O)C12CCCC1CN(c1cc(C)c([N+](=O)[O-])cn1)C2. The molecule has 1 aromatic heterocycles. The topological polar surface area (TPSA) is 85.6 Å². The van der Waals surface area contributed by atoms with Gasteiger partial charge in [0.15, 0.2) is 0 Å². The zero-order valence-electron chi connectivity index (χ0n) is 12.7. The maximum absolute atomic E-state index is 12.2. The van der Waals surface area contributed by atoms with E-state index in [4.69, 9.17) is 4.74 Å². The molecule has 0 aromatic carbocycles. The average Bonchev–Trinajstić information content (AvgIpc) is 3.03. The number of aromatic nitrogens is 1. The number of nitro groups is 1. The van der Waals surface area contributed by atoms with E-state index in [1.807, 2.05) is 0 Å². The predicted molar refractivity (Wildman–Crippen MR) is 79.6 cm³/mol. The van der Waals surface area contributed by atoms with Crippen LogP contribution in [0.3, 0.4) is 0 Å². The molecule has 2 atom stereocenters.